The first kappa shape index (κ1) is 12.1. The highest BCUT2D eigenvalue weighted by Gasteiger charge is 2.26. The molecule has 0 saturated heterocycles. The first-order valence-electron chi connectivity index (χ1n) is 6.89. The third-order valence-electron chi connectivity index (χ3n) is 3.35. The number of rotatable bonds is 5. The summed E-state index contributed by atoms with van der Waals surface area (Å²) in [5.74, 6) is 2.31. The standard InChI is InChI=1S/C14H19N5/c1-3-7-15-13-9-11(10-4-5-10)17-14(18-13)12-6-8-16-19(12)2/h6,8-10H,3-5,7H2,1-2H3,(H,15,17,18). The van der Waals surface area contributed by atoms with Gasteiger partial charge >= 0.3 is 0 Å². The zero-order valence-electron chi connectivity index (χ0n) is 11.4. The Morgan fingerprint density at radius 1 is 1.37 bits per heavy atom. The summed E-state index contributed by atoms with van der Waals surface area (Å²) < 4.78 is 1.82. The quantitative estimate of drug-likeness (QED) is 0.894. The highest BCUT2D eigenvalue weighted by molar-refractivity contribution is 5.53. The van der Waals surface area contributed by atoms with Crippen LogP contribution in [0.4, 0.5) is 5.82 Å². The predicted octanol–water partition coefficient (Wildman–Crippen LogP) is 2.58. The molecule has 19 heavy (non-hydrogen) atoms. The molecule has 0 bridgehead atoms. The SMILES string of the molecule is CCCNc1cc(C2CC2)nc(-c2ccnn2C)n1. The van der Waals surface area contributed by atoms with Gasteiger partial charge in [0.15, 0.2) is 5.82 Å². The minimum Gasteiger partial charge on any atom is -0.370 e. The summed E-state index contributed by atoms with van der Waals surface area (Å²) in [4.78, 5) is 9.30. The molecule has 0 radical (unpaired) electrons. The van der Waals surface area contributed by atoms with E-state index in [0.717, 1.165) is 36.0 Å². The average molecular weight is 257 g/mol. The molecular formula is C14H19N5. The van der Waals surface area contributed by atoms with Crippen molar-refractivity contribution in [3.63, 3.8) is 0 Å². The number of hydrogen-bond donors (Lipinski definition) is 1. The van der Waals surface area contributed by atoms with Gasteiger partial charge in [-0.05, 0) is 25.3 Å². The van der Waals surface area contributed by atoms with Crippen LogP contribution in [0.5, 0.6) is 0 Å². The lowest BCUT2D eigenvalue weighted by Crippen LogP contribution is -2.06. The second kappa shape index (κ2) is 4.99. The Labute approximate surface area is 113 Å². The maximum Gasteiger partial charge on any atom is 0.180 e. The summed E-state index contributed by atoms with van der Waals surface area (Å²) in [7, 11) is 1.92. The highest BCUT2D eigenvalue weighted by atomic mass is 15.3. The van der Waals surface area contributed by atoms with Crippen molar-refractivity contribution >= 4 is 5.82 Å². The van der Waals surface area contributed by atoms with Crippen LogP contribution in [0.25, 0.3) is 11.5 Å². The lowest BCUT2D eigenvalue weighted by molar-refractivity contribution is 0.768. The van der Waals surface area contributed by atoms with Gasteiger partial charge in [-0.1, -0.05) is 6.92 Å². The van der Waals surface area contributed by atoms with E-state index in [2.05, 4.69) is 28.4 Å². The molecule has 1 N–H and O–H groups in total. The maximum atomic E-state index is 4.69. The largest absolute Gasteiger partial charge is 0.370 e. The van der Waals surface area contributed by atoms with Gasteiger partial charge < -0.3 is 5.32 Å². The van der Waals surface area contributed by atoms with Crippen LogP contribution in [-0.4, -0.2) is 26.3 Å². The Balaban J connectivity index is 1.98. The van der Waals surface area contributed by atoms with Gasteiger partial charge in [0, 0.05) is 37.5 Å². The minimum atomic E-state index is 0.622. The molecule has 1 fully saturated rings. The molecule has 5 nitrogen and oxygen atoms in total. The normalized spacial score (nSPS) is 14.6. The Bertz CT molecular complexity index is 571. The van der Waals surface area contributed by atoms with E-state index >= 15 is 0 Å². The van der Waals surface area contributed by atoms with Crippen LogP contribution >= 0.6 is 0 Å². The van der Waals surface area contributed by atoms with Gasteiger partial charge in [0.05, 0.1) is 0 Å². The average Bonchev–Trinajstić information content (AvgIpc) is 3.18. The van der Waals surface area contributed by atoms with Crippen LogP contribution in [0.2, 0.25) is 0 Å². The summed E-state index contributed by atoms with van der Waals surface area (Å²) in [6.45, 7) is 3.09. The third-order valence-corrected chi connectivity index (χ3v) is 3.35. The number of nitrogens with one attached hydrogen (secondary N) is 1. The summed E-state index contributed by atoms with van der Waals surface area (Å²) in [5, 5.41) is 7.55. The molecule has 1 saturated carbocycles. The number of aryl methyl sites for hydroxylation is 1. The Hall–Kier alpha value is -1.91. The zero-order chi connectivity index (χ0) is 13.2. The molecule has 2 heterocycles. The van der Waals surface area contributed by atoms with Crippen LogP contribution in [0, 0.1) is 0 Å². The molecule has 0 aliphatic heterocycles. The van der Waals surface area contributed by atoms with Crippen LogP contribution in [0.15, 0.2) is 18.3 Å². The van der Waals surface area contributed by atoms with E-state index in [1.165, 1.54) is 12.8 Å². The molecule has 0 spiro atoms. The number of aromatic nitrogens is 4. The smallest absolute Gasteiger partial charge is 0.180 e. The van der Waals surface area contributed by atoms with E-state index < -0.39 is 0 Å². The maximum absolute atomic E-state index is 4.69. The van der Waals surface area contributed by atoms with Crippen LogP contribution < -0.4 is 5.32 Å². The fourth-order valence-electron chi connectivity index (χ4n) is 2.11. The summed E-state index contributed by atoms with van der Waals surface area (Å²) in [6, 6.07) is 4.04. The van der Waals surface area contributed by atoms with Crippen molar-refractivity contribution in [2.75, 3.05) is 11.9 Å². The van der Waals surface area contributed by atoms with Crippen molar-refractivity contribution in [2.24, 2.45) is 7.05 Å². The van der Waals surface area contributed by atoms with Gasteiger partial charge in [0.1, 0.15) is 11.5 Å². The monoisotopic (exact) mass is 257 g/mol. The van der Waals surface area contributed by atoms with Crippen molar-refractivity contribution in [3.05, 3.63) is 24.0 Å². The molecular weight excluding hydrogens is 238 g/mol. The Morgan fingerprint density at radius 3 is 2.84 bits per heavy atom. The van der Waals surface area contributed by atoms with Crippen molar-refractivity contribution in [1.82, 2.24) is 19.7 Å². The minimum absolute atomic E-state index is 0.622. The first-order valence-corrected chi connectivity index (χ1v) is 6.89. The van der Waals surface area contributed by atoms with Gasteiger partial charge in [-0.15, -0.1) is 0 Å². The van der Waals surface area contributed by atoms with Crippen molar-refractivity contribution in [3.8, 4) is 11.5 Å². The summed E-state index contributed by atoms with van der Waals surface area (Å²) in [5.41, 5.74) is 2.12. The number of hydrogen-bond acceptors (Lipinski definition) is 4. The molecule has 3 rings (SSSR count). The molecule has 5 heteroatoms. The van der Waals surface area contributed by atoms with E-state index in [9.17, 15) is 0 Å². The number of nitrogens with zero attached hydrogens (tertiary/aromatic N) is 4. The third kappa shape index (κ3) is 2.59. The molecule has 1 aliphatic carbocycles. The van der Waals surface area contributed by atoms with Gasteiger partial charge in [0.2, 0.25) is 0 Å². The van der Waals surface area contributed by atoms with E-state index in [1.54, 1.807) is 6.20 Å². The molecule has 100 valence electrons. The van der Waals surface area contributed by atoms with Gasteiger partial charge in [-0.2, -0.15) is 5.10 Å². The van der Waals surface area contributed by atoms with Crippen LogP contribution in [0.1, 0.15) is 37.8 Å². The van der Waals surface area contributed by atoms with Crippen molar-refractivity contribution in [1.29, 1.82) is 0 Å². The van der Waals surface area contributed by atoms with Gasteiger partial charge in [-0.3, -0.25) is 4.68 Å². The summed E-state index contributed by atoms with van der Waals surface area (Å²) >= 11 is 0. The lowest BCUT2D eigenvalue weighted by atomic mass is 10.2. The van der Waals surface area contributed by atoms with Gasteiger partial charge in [-0.25, -0.2) is 9.97 Å². The van der Waals surface area contributed by atoms with Crippen LogP contribution in [0.3, 0.4) is 0 Å². The van der Waals surface area contributed by atoms with E-state index in [4.69, 9.17) is 4.98 Å². The molecule has 2 aromatic heterocycles. The molecule has 0 amide bonds. The topological polar surface area (TPSA) is 55.6 Å². The second-order valence-electron chi connectivity index (χ2n) is 5.04. The van der Waals surface area contributed by atoms with E-state index in [1.807, 2.05) is 17.8 Å². The highest BCUT2D eigenvalue weighted by Crippen LogP contribution is 2.40. The zero-order valence-corrected chi connectivity index (χ0v) is 11.4. The molecule has 1 aliphatic rings. The van der Waals surface area contributed by atoms with E-state index in [0.29, 0.717) is 5.92 Å². The Morgan fingerprint density at radius 2 is 2.21 bits per heavy atom. The molecule has 2 aromatic rings. The fraction of sp³-hybridized carbons (Fsp3) is 0.500. The van der Waals surface area contributed by atoms with Crippen molar-refractivity contribution in [2.45, 2.75) is 32.1 Å². The molecule has 0 unspecified atom stereocenters. The first-order chi connectivity index (χ1) is 9.28. The predicted molar refractivity (Wildman–Crippen MR) is 75.0 cm³/mol. The second-order valence-corrected chi connectivity index (χ2v) is 5.04. The Kier molecular flexibility index (Phi) is 3.19. The lowest BCUT2D eigenvalue weighted by Gasteiger charge is -2.09. The molecule has 0 aromatic carbocycles. The van der Waals surface area contributed by atoms with Gasteiger partial charge in [0.25, 0.3) is 0 Å². The molecule has 0 atom stereocenters. The van der Waals surface area contributed by atoms with E-state index in [-0.39, 0.29) is 0 Å². The van der Waals surface area contributed by atoms with Crippen LogP contribution in [-0.2, 0) is 7.05 Å². The van der Waals surface area contributed by atoms with Crippen molar-refractivity contribution < 1.29 is 0 Å². The number of anilines is 1. The fourth-order valence-corrected chi connectivity index (χ4v) is 2.11. The summed E-state index contributed by atoms with van der Waals surface area (Å²) in [6.07, 6.45) is 5.36.